The van der Waals surface area contributed by atoms with Crippen LogP contribution in [0.3, 0.4) is 0 Å². The van der Waals surface area contributed by atoms with E-state index in [1.807, 2.05) is 0 Å². The summed E-state index contributed by atoms with van der Waals surface area (Å²) >= 11 is 0. The molecule has 0 radical (unpaired) electrons. The van der Waals surface area contributed by atoms with E-state index in [1.54, 1.807) is 6.08 Å². The summed E-state index contributed by atoms with van der Waals surface area (Å²) in [5, 5.41) is 0. The smallest absolute Gasteiger partial charge is 0.306 e. The van der Waals surface area contributed by atoms with Gasteiger partial charge in [-0.15, -0.1) is 6.58 Å². The monoisotopic (exact) mass is 294 g/mol. The third-order valence-corrected chi connectivity index (χ3v) is 3.49. The Morgan fingerprint density at radius 3 is 2.19 bits per heavy atom. The van der Waals surface area contributed by atoms with Crippen LogP contribution in [-0.4, -0.2) is 12.6 Å². The van der Waals surface area contributed by atoms with Gasteiger partial charge < -0.3 is 4.74 Å². The van der Waals surface area contributed by atoms with E-state index >= 15 is 0 Å². The van der Waals surface area contributed by atoms with Crippen LogP contribution in [-0.2, 0) is 9.53 Å². The molecule has 0 aromatic rings. The minimum atomic E-state index is -0.103. The van der Waals surface area contributed by atoms with Gasteiger partial charge in [-0.3, -0.25) is 4.79 Å². The Labute approximate surface area is 131 Å². The molecule has 2 nitrogen and oxygen atoms in total. The van der Waals surface area contributed by atoms with Gasteiger partial charge in [0.1, 0.15) is 0 Å². The van der Waals surface area contributed by atoms with Crippen molar-refractivity contribution in [2.45, 2.75) is 84.0 Å². The van der Waals surface area contributed by atoms with Crippen molar-refractivity contribution in [2.75, 3.05) is 6.61 Å². The van der Waals surface area contributed by atoms with Crippen LogP contribution in [0.2, 0.25) is 0 Å². The first-order valence-corrected chi connectivity index (χ1v) is 8.72. The summed E-state index contributed by atoms with van der Waals surface area (Å²) in [6.07, 6.45) is 20.1. The minimum Gasteiger partial charge on any atom is -0.465 e. The van der Waals surface area contributed by atoms with E-state index in [1.165, 1.54) is 51.4 Å². The molecule has 0 aliphatic carbocycles. The largest absolute Gasteiger partial charge is 0.465 e. The van der Waals surface area contributed by atoms with E-state index in [-0.39, 0.29) is 5.97 Å². The summed E-state index contributed by atoms with van der Waals surface area (Å²) in [6, 6.07) is 0. The Balaban J connectivity index is 3.21. The maximum absolute atomic E-state index is 11.3. The molecule has 0 aliphatic rings. The predicted octanol–water partition coefficient (Wildman–Crippen LogP) is 5.97. The number of carbonyl (C=O) groups is 1. The van der Waals surface area contributed by atoms with E-state index in [2.05, 4.69) is 25.7 Å². The SMILES string of the molecule is C=CCCOC(=O)CCC=CCCCCCCCCCC. The van der Waals surface area contributed by atoms with Gasteiger partial charge in [0, 0.05) is 6.42 Å². The van der Waals surface area contributed by atoms with Crippen LogP contribution in [0.5, 0.6) is 0 Å². The summed E-state index contributed by atoms with van der Waals surface area (Å²) < 4.78 is 5.04. The molecule has 0 rings (SSSR count). The van der Waals surface area contributed by atoms with Gasteiger partial charge in [-0.05, 0) is 25.7 Å². The van der Waals surface area contributed by atoms with Gasteiger partial charge in [-0.25, -0.2) is 0 Å². The average molecular weight is 294 g/mol. The van der Waals surface area contributed by atoms with Crippen LogP contribution in [0.4, 0.5) is 0 Å². The third kappa shape index (κ3) is 16.9. The molecule has 0 spiro atoms. The standard InChI is InChI=1S/C19H34O2/c1-3-5-7-8-9-10-11-12-13-14-15-16-17-19(20)21-18-6-4-2/h4,14-15H,2-3,5-13,16-18H2,1H3. The summed E-state index contributed by atoms with van der Waals surface area (Å²) in [6.45, 7) is 6.31. The van der Waals surface area contributed by atoms with Gasteiger partial charge in [0.05, 0.1) is 6.61 Å². The molecule has 122 valence electrons. The first kappa shape index (κ1) is 19.9. The quantitative estimate of drug-likeness (QED) is 0.211. The van der Waals surface area contributed by atoms with Gasteiger partial charge in [-0.2, -0.15) is 0 Å². The zero-order valence-corrected chi connectivity index (χ0v) is 13.9. The molecule has 0 bridgehead atoms. The highest BCUT2D eigenvalue weighted by atomic mass is 16.5. The second kappa shape index (κ2) is 17.0. The van der Waals surface area contributed by atoms with E-state index in [9.17, 15) is 4.79 Å². The van der Waals surface area contributed by atoms with Crippen molar-refractivity contribution >= 4 is 5.97 Å². The van der Waals surface area contributed by atoms with Crippen molar-refractivity contribution in [2.24, 2.45) is 0 Å². The molecular weight excluding hydrogens is 260 g/mol. The molecule has 0 saturated carbocycles. The number of hydrogen-bond acceptors (Lipinski definition) is 2. The van der Waals surface area contributed by atoms with Crippen molar-refractivity contribution in [3.8, 4) is 0 Å². The van der Waals surface area contributed by atoms with Gasteiger partial charge in [0.25, 0.3) is 0 Å². The van der Waals surface area contributed by atoms with Gasteiger partial charge in [-0.1, -0.05) is 70.1 Å². The van der Waals surface area contributed by atoms with Crippen LogP contribution in [0.1, 0.15) is 84.0 Å². The highest BCUT2D eigenvalue weighted by Crippen LogP contribution is 2.10. The number of hydrogen-bond donors (Lipinski definition) is 0. The second-order valence-corrected chi connectivity index (χ2v) is 5.57. The van der Waals surface area contributed by atoms with Crippen LogP contribution < -0.4 is 0 Å². The number of unbranched alkanes of at least 4 members (excludes halogenated alkanes) is 8. The van der Waals surface area contributed by atoms with E-state index in [0.717, 1.165) is 19.3 Å². The van der Waals surface area contributed by atoms with Crippen molar-refractivity contribution < 1.29 is 9.53 Å². The lowest BCUT2D eigenvalue weighted by molar-refractivity contribution is -0.143. The highest BCUT2D eigenvalue weighted by Gasteiger charge is 1.99. The van der Waals surface area contributed by atoms with Crippen molar-refractivity contribution in [3.63, 3.8) is 0 Å². The number of esters is 1. The zero-order valence-electron chi connectivity index (χ0n) is 13.9. The summed E-state index contributed by atoms with van der Waals surface area (Å²) in [5.41, 5.74) is 0. The fourth-order valence-corrected chi connectivity index (χ4v) is 2.16. The first-order valence-electron chi connectivity index (χ1n) is 8.72. The summed E-state index contributed by atoms with van der Waals surface area (Å²) in [4.78, 5) is 11.3. The summed E-state index contributed by atoms with van der Waals surface area (Å²) in [7, 11) is 0. The minimum absolute atomic E-state index is 0.103. The van der Waals surface area contributed by atoms with Crippen molar-refractivity contribution in [3.05, 3.63) is 24.8 Å². The normalized spacial score (nSPS) is 10.9. The number of ether oxygens (including phenoxy) is 1. The molecular formula is C19H34O2. The molecule has 0 N–H and O–H groups in total. The average Bonchev–Trinajstić information content (AvgIpc) is 2.48. The van der Waals surface area contributed by atoms with Crippen LogP contribution in [0.15, 0.2) is 24.8 Å². The van der Waals surface area contributed by atoms with Gasteiger partial charge >= 0.3 is 5.97 Å². The Hall–Kier alpha value is -1.05. The van der Waals surface area contributed by atoms with Crippen LogP contribution in [0, 0.1) is 0 Å². The van der Waals surface area contributed by atoms with Crippen LogP contribution in [0.25, 0.3) is 0 Å². The van der Waals surface area contributed by atoms with Gasteiger partial charge in [0.2, 0.25) is 0 Å². The molecule has 0 heterocycles. The molecule has 0 amide bonds. The van der Waals surface area contributed by atoms with Gasteiger partial charge in [0.15, 0.2) is 0 Å². The first-order chi connectivity index (χ1) is 10.3. The Morgan fingerprint density at radius 1 is 0.905 bits per heavy atom. The number of carbonyl (C=O) groups excluding carboxylic acids is 1. The lowest BCUT2D eigenvalue weighted by atomic mass is 10.1. The summed E-state index contributed by atoms with van der Waals surface area (Å²) in [5.74, 6) is -0.103. The molecule has 21 heavy (non-hydrogen) atoms. The molecule has 0 saturated heterocycles. The predicted molar refractivity (Wildman–Crippen MR) is 91.4 cm³/mol. The molecule has 0 aliphatic heterocycles. The van der Waals surface area contributed by atoms with E-state index in [4.69, 9.17) is 4.74 Å². The number of allylic oxidation sites excluding steroid dienone is 2. The topological polar surface area (TPSA) is 26.3 Å². The lowest BCUT2D eigenvalue weighted by Crippen LogP contribution is -2.04. The Morgan fingerprint density at radius 2 is 1.52 bits per heavy atom. The molecule has 2 heteroatoms. The van der Waals surface area contributed by atoms with E-state index in [0.29, 0.717) is 13.0 Å². The molecule has 0 fully saturated rings. The zero-order chi connectivity index (χ0) is 15.6. The molecule has 0 atom stereocenters. The van der Waals surface area contributed by atoms with Crippen molar-refractivity contribution in [1.82, 2.24) is 0 Å². The maximum Gasteiger partial charge on any atom is 0.306 e. The fourth-order valence-electron chi connectivity index (χ4n) is 2.16. The fraction of sp³-hybridized carbons (Fsp3) is 0.737. The molecule has 0 unspecified atom stereocenters. The molecule has 0 aromatic heterocycles. The second-order valence-electron chi connectivity index (χ2n) is 5.57. The Kier molecular flexibility index (Phi) is 16.2. The molecule has 0 aromatic carbocycles. The van der Waals surface area contributed by atoms with Crippen LogP contribution >= 0.6 is 0 Å². The highest BCUT2D eigenvalue weighted by molar-refractivity contribution is 5.69. The Bertz CT molecular complexity index is 269. The van der Waals surface area contributed by atoms with E-state index < -0.39 is 0 Å². The third-order valence-electron chi connectivity index (χ3n) is 3.49. The lowest BCUT2D eigenvalue weighted by Gasteiger charge is -2.01. The van der Waals surface area contributed by atoms with Crippen molar-refractivity contribution in [1.29, 1.82) is 0 Å². The number of rotatable bonds is 15. The maximum atomic E-state index is 11.3.